The summed E-state index contributed by atoms with van der Waals surface area (Å²) in [5.41, 5.74) is 1.28. The average Bonchev–Trinajstić information content (AvgIpc) is 2.66. The predicted octanol–water partition coefficient (Wildman–Crippen LogP) is 2.31. The van der Waals surface area contributed by atoms with E-state index in [4.69, 9.17) is 4.74 Å². The first-order chi connectivity index (χ1) is 8.94. The highest BCUT2D eigenvalue weighted by atomic mass is 19.4. The Balaban J connectivity index is 1.93. The molecule has 0 unspecified atom stereocenters. The van der Waals surface area contributed by atoms with Crippen LogP contribution in [0.25, 0.3) is 0 Å². The largest absolute Gasteiger partial charge is 0.573 e. The maximum Gasteiger partial charge on any atom is 0.573 e. The third kappa shape index (κ3) is 2.40. The maximum absolute atomic E-state index is 13.6. The molecule has 0 radical (unpaired) electrons. The molecule has 3 rings (SSSR count). The SMILES string of the molecule is Fc1cc2c(cc1OC(F)(F)F)C[C@H]1OCCN[C@@H]21. The second kappa shape index (κ2) is 4.35. The summed E-state index contributed by atoms with van der Waals surface area (Å²) >= 11 is 0. The number of rotatable bonds is 1. The molecule has 0 aromatic heterocycles. The molecule has 0 spiro atoms. The molecule has 0 bridgehead atoms. The number of fused-ring (bicyclic) bond motifs is 3. The number of alkyl halides is 3. The van der Waals surface area contributed by atoms with Gasteiger partial charge >= 0.3 is 6.36 Å². The van der Waals surface area contributed by atoms with Gasteiger partial charge in [0.2, 0.25) is 0 Å². The van der Waals surface area contributed by atoms with Crippen LogP contribution in [0.15, 0.2) is 12.1 Å². The highest BCUT2D eigenvalue weighted by Crippen LogP contribution is 2.39. The summed E-state index contributed by atoms with van der Waals surface area (Å²) in [4.78, 5) is 0. The predicted molar refractivity (Wildman–Crippen MR) is 57.3 cm³/mol. The molecule has 1 heterocycles. The molecule has 1 saturated heterocycles. The summed E-state index contributed by atoms with van der Waals surface area (Å²) in [5.74, 6) is -1.80. The number of morpholine rings is 1. The highest BCUT2D eigenvalue weighted by molar-refractivity contribution is 5.43. The summed E-state index contributed by atoms with van der Waals surface area (Å²) in [6.45, 7) is 1.19. The van der Waals surface area contributed by atoms with Crippen molar-refractivity contribution in [3.05, 3.63) is 29.1 Å². The molecule has 2 atom stereocenters. The Morgan fingerprint density at radius 2 is 2.11 bits per heavy atom. The van der Waals surface area contributed by atoms with Crippen LogP contribution in [0.1, 0.15) is 17.2 Å². The molecule has 1 N–H and O–H groups in total. The van der Waals surface area contributed by atoms with Gasteiger partial charge in [0, 0.05) is 13.0 Å². The van der Waals surface area contributed by atoms with Crippen molar-refractivity contribution < 1.29 is 27.0 Å². The minimum absolute atomic E-state index is 0.149. The van der Waals surface area contributed by atoms with Gasteiger partial charge in [0.25, 0.3) is 0 Å². The molecular weight excluding hydrogens is 266 g/mol. The Morgan fingerprint density at radius 1 is 1.32 bits per heavy atom. The van der Waals surface area contributed by atoms with E-state index in [1.807, 2.05) is 0 Å². The first-order valence-electron chi connectivity index (χ1n) is 5.87. The summed E-state index contributed by atoms with van der Waals surface area (Å²) in [7, 11) is 0. The standard InChI is InChI=1S/C12H11F4NO2/c13-8-5-7-6(3-9(8)19-12(14,15)16)4-10-11(7)17-1-2-18-10/h3,5,10-11,17H,1-2,4H2/t10-,11+/m1/s1. The normalized spacial score (nSPS) is 25.9. The quantitative estimate of drug-likeness (QED) is 0.799. The van der Waals surface area contributed by atoms with Gasteiger partial charge in [-0.15, -0.1) is 13.2 Å². The number of ether oxygens (including phenoxy) is 2. The van der Waals surface area contributed by atoms with E-state index < -0.39 is 17.9 Å². The van der Waals surface area contributed by atoms with Gasteiger partial charge in [-0.25, -0.2) is 4.39 Å². The zero-order valence-electron chi connectivity index (χ0n) is 9.76. The third-order valence-corrected chi connectivity index (χ3v) is 3.35. The molecule has 1 aromatic rings. The van der Waals surface area contributed by atoms with Crippen LogP contribution < -0.4 is 10.1 Å². The Labute approximate surface area is 106 Å². The van der Waals surface area contributed by atoms with E-state index in [9.17, 15) is 17.6 Å². The molecule has 104 valence electrons. The fraction of sp³-hybridized carbons (Fsp3) is 0.500. The van der Waals surface area contributed by atoms with Crippen molar-refractivity contribution >= 4 is 0 Å². The van der Waals surface area contributed by atoms with Crippen LogP contribution in [0.3, 0.4) is 0 Å². The van der Waals surface area contributed by atoms with E-state index in [-0.39, 0.29) is 12.1 Å². The van der Waals surface area contributed by atoms with Gasteiger partial charge in [0.1, 0.15) is 0 Å². The van der Waals surface area contributed by atoms with Crippen LogP contribution in [0.5, 0.6) is 5.75 Å². The minimum Gasteiger partial charge on any atom is -0.403 e. The lowest BCUT2D eigenvalue weighted by molar-refractivity contribution is -0.275. The molecule has 1 aromatic carbocycles. The van der Waals surface area contributed by atoms with E-state index in [1.54, 1.807) is 0 Å². The molecular formula is C12H11F4NO2. The van der Waals surface area contributed by atoms with Gasteiger partial charge in [-0.05, 0) is 23.3 Å². The van der Waals surface area contributed by atoms with Crippen LogP contribution >= 0.6 is 0 Å². The Hall–Kier alpha value is -1.34. The molecule has 7 heteroatoms. The zero-order valence-corrected chi connectivity index (χ0v) is 9.76. The number of halogens is 4. The molecule has 0 saturated carbocycles. The molecule has 1 aliphatic heterocycles. The fourth-order valence-corrected chi connectivity index (χ4v) is 2.64. The van der Waals surface area contributed by atoms with E-state index in [0.29, 0.717) is 30.7 Å². The maximum atomic E-state index is 13.6. The van der Waals surface area contributed by atoms with Gasteiger partial charge in [0.05, 0.1) is 18.8 Å². The smallest absolute Gasteiger partial charge is 0.403 e. The molecule has 19 heavy (non-hydrogen) atoms. The lowest BCUT2D eigenvalue weighted by Crippen LogP contribution is -2.39. The third-order valence-electron chi connectivity index (χ3n) is 3.35. The first kappa shape index (κ1) is 12.7. The Morgan fingerprint density at radius 3 is 2.84 bits per heavy atom. The summed E-state index contributed by atoms with van der Waals surface area (Å²) in [6.07, 6.45) is -4.58. The Kier molecular flexibility index (Phi) is 2.90. The zero-order chi connectivity index (χ0) is 13.6. The second-order valence-corrected chi connectivity index (χ2v) is 4.57. The highest BCUT2D eigenvalue weighted by Gasteiger charge is 2.38. The van der Waals surface area contributed by atoms with Gasteiger partial charge in [-0.1, -0.05) is 0 Å². The molecule has 1 aliphatic carbocycles. The molecule has 0 amide bonds. The first-order valence-corrected chi connectivity index (χ1v) is 5.87. The molecule has 1 fully saturated rings. The van der Waals surface area contributed by atoms with Crippen molar-refractivity contribution in [3.63, 3.8) is 0 Å². The van der Waals surface area contributed by atoms with Gasteiger partial charge in [-0.2, -0.15) is 0 Å². The van der Waals surface area contributed by atoms with Crippen molar-refractivity contribution in [2.75, 3.05) is 13.2 Å². The van der Waals surface area contributed by atoms with Crippen molar-refractivity contribution in [3.8, 4) is 5.75 Å². The van der Waals surface area contributed by atoms with E-state index in [1.165, 1.54) is 0 Å². The minimum atomic E-state index is -4.89. The van der Waals surface area contributed by atoms with Crippen LogP contribution in [0.2, 0.25) is 0 Å². The van der Waals surface area contributed by atoms with E-state index >= 15 is 0 Å². The summed E-state index contributed by atoms with van der Waals surface area (Å²) < 4.78 is 59.3. The monoisotopic (exact) mass is 277 g/mol. The van der Waals surface area contributed by atoms with Crippen molar-refractivity contribution in [1.82, 2.24) is 5.32 Å². The van der Waals surface area contributed by atoms with Crippen LogP contribution in [-0.4, -0.2) is 25.6 Å². The molecule has 3 nitrogen and oxygen atoms in total. The van der Waals surface area contributed by atoms with E-state index in [0.717, 1.165) is 12.1 Å². The van der Waals surface area contributed by atoms with Crippen LogP contribution in [0, 0.1) is 5.82 Å². The van der Waals surface area contributed by atoms with Crippen molar-refractivity contribution in [1.29, 1.82) is 0 Å². The number of benzene rings is 1. The average molecular weight is 277 g/mol. The van der Waals surface area contributed by atoms with Crippen molar-refractivity contribution in [2.24, 2.45) is 0 Å². The van der Waals surface area contributed by atoms with Gasteiger partial charge < -0.3 is 14.8 Å². The van der Waals surface area contributed by atoms with Crippen LogP contribution in [-0.2, 0) is 11.2 Å². The van der Waals surface area contributed by atoms with Gasteiger partial charge in [-0.3, -0.25) is 0 Å². The lowest BCUT2D eigenvalue weighted by Gasteiger charge is -2.27. The number of hydrogen-bond acceptors (Lipinski definition) is 3. The Bertz CT molecular complexity index is 503. The number of hydrogen-bond donors (Lipinski definition) is 1. The second-order valence-electron chi connectivity index (χ2n) is 4.57. The summed E-state index contributed by atoms with van der Waals surface area (Å²) in [5, 5.41) is 3.18. The fourth-order valence-electron chi connectivity index (χ4n) is 2.64. The van der Waals surface area contributed by atoms with Crippen molar-refractivity contribution in [2.45, 2.75) is 24.9 Å². The number of nitrogens with one attached hydrogen (secondary N) is 1. The summed E-state index contributed by atoms with van der Waals surface area (Å²) in [6, 6.07) is 2.06. The van der Waals surface area contributed by atoms with E-state index in [2.05, 4.69) is 10.1 Å². The topological polar surface area (TPSA) is 30.5 Å². The van der Waals surface area contributed by atoms with Crippen LogP contribution in [0.4, 0.5) is 17.6 Å². The van der Waals surface area contributed by atoms with Gasteiger partial charge in [0.15, 0.2) is 11.6 Å². The molecule has 2 aliphatic rings. The lowest BCUT2D eigenvalue weighted by atomic mass is 10.1.